The molecule has 0 saturated heterocycles. The van der Waals surface area contributed by atoms with E-state index in [-0.39, 0.29) is 35.3 Å². The van der Waals surface area contributed by atoms with Gasteiger partial charge in [-0.2, -0.15) is 8.42 Å². The molecule has 0 aliphatic carbocycles. The third-order valence-corrected chi connectivity index (χ3v) is 5.09. The minimum absolute atomic E-state index is 0. The molecule has 0 spiro atoms. The molecule has 2 aromatic carbocycles. The Morgan fingerprint density at radius 2 is 1.59 bits per heavy atom. The summed E-state index contributed by atoms with van der Waals surface area (Å²) in [6, 6.07) is 11.1. The van der Waals surface area contributed by atoms with Crippen LogP contribution in [0.4, 0.5) is 0 Å². The Balaban J connectivity index is 0.00000364. The molecule has 7 heteroatoms. The molecule has 0 aliphatic rings. The maximum atomic E-state index is 11.7. The third-order valence-electron chi connectivity index (χ3n) is 4.17. The van der Waals surface area contributed by atoms with E-state index in [1.165, 1.54) is 49.8 Å². The van der Waals surface area contributed by atoms with E-state index in [0.29, 0.717) is 5.75 Å². The summed E-state index contributed by atoms with van der Waals surface area (Å²) in [5.41, 5.74) is 1.18. The van der Waals surface area contributed by atoms with Crippen molar-refractivity contribution in [3.05, 3.63) is 48.0 Å². The fourth-order valence-electron chi connectivity index (χ4n) is 2.79. The van der Waals surface area contributed by atoms with Crippen molar-refractivity contribution in [2.24, 2.45) is 0 Å². The molecule has 0 heterocycles. The second-order valence-corrected chi connectivity index (χ2v) is 7.68. The number of hydrogen-bond acceptors (Lipinski definition) is 4. The zero-order valence-corrected chi connectivity index (χ0v) is 18.8. The first kappa shape index (κ1) is 24.0. The van der Waals surface area contributed by atoms with E-state index in [4.69, 9.17) is 4.74 Å². The molecular formula is C20H25NaO5S. The molecule has 5 nitrogen and oxygen atoms in total. The van der Waals surface area contributed by atoms with Crippen molar-refractivity contribution in [1.29, 1.82) is 0 Å². The number of benzene rings is 2. The Labute approximate surface area is 183 Å². The van der Waals surface area contributed by atoms with E-state index >= 15 is 0 Å². The van der Waals surface area contributed by atoms with Crippen LogP contribution in [0.25, 0.3) is 0 Å². The maximum Gasteiger partial charge on any atom is 1.00 e. The smallest absolute Gasteiger partial charge is 0.871 e. The Kier molecular flexibility index (Phi) is 10.4. The zero-order valence-electron chi connectivity index (χ0n) is 16.0. The van der Waals surface area contributed by atoms with Crippen molar-refractivity contribution in [3.8, 4) is 17.2 Å². The molecule has 27 heavy (non-hydrogen) atoms. The van der Waals surface area contributed by atoms with Gasteiger partial charge in [0, 0.05) is 0 Å². The van der Waals surface area contributed by atoms with Gasteiger partial charge in [-0.15, -0.1) is 0 Å². The van der Waals surface area contributed by atoms with Crippen LogP contribution in [0.2, 0.25) is 0 Å². The maximum absolute atomic E-state index is 11.7. The number of aryl methyl sites for hydroxylation is 1. The molecular weight excluding hydrogens is 375 g/mol. The first-order valence-corrected chi connectivity index (χ1v) is 10.4. The molecule has 0 aromatic heterocycles. The topological polar surface area (TPSA) is 86.7 Å². The third kappa shape index (κ3) is 7.84. The molecule has 0 bridgehead atoms. The van der Waals surface area contributed by atoms with Crippen molar-refractivity contribution < 1.29 is 52.4 Å². The molecule has 0 atom stereocenters. The van der Waals surface area contributed by atoms with Crippen LogP contribution in [-0.4, -0.2) is 13.0 Å². The van der Waals surface area contributed by atoms with Gasteiger partial charge in [-0.1, -0.05) is 69.0 Å². The van der Waals surface area contributed by atoms with E-state index in [1.54, 1.807) is 12.1 Å². The summed E-state index contributed by atoms with van der Waals surface area (Å²) in [5, 5.41) is 11.7. The van der Waals surface area contributed by atoms with E-state index in [1.807, 2.05) is 12.1 Å². The number of unbranched alkanes of at least 4 members (excludes halogenated alkanes) is 5. The monoisotopic (exact) mass is 400 g/mol. The summed E-state index contributed by atoms with van der Waals surface area (Å²) in [6.45, 7) is 2.20. The summed E-state index contributed by atoms with van der Waals surface area (Å²) < 4.78 is 37.6. The van der Waals surface area contributed by atoms with Gasteiger partial charge in [0.05, 0.1) is 0 Å². The minimum atomic E-state index is -4.65. The van der Waals surface area contributed by atoms with Gasteiger partial charge in [0.15, 0.2) is 0 Å². The Morgan fingerprint density at radius 3 is 2.22 bits per heavy atom. The summed E-state index contributed by atoms with van der Waals surface area (Å²) in [5.74, 6) is -0.569. The van der Waals surface area contributed by atoms with Gasteiger partial charge in [0.25, 0.3) is 10.1 Å². The zero-order chi connectivity index (χ0) is 19.0. The van der Waals surface area contributed by atoms with Gasteiger partial charge in [-0.25, -0.2) is 0 Å². The van der Waals surface area contributed by atoms with Crippen LogP contribution in [0.1, 0.15) is 51.0 Å². The van der Waals surface area contributed by atoms with Crippen LogP contribution >= 0.6 is 0 Å². The molecule has 0 saturated carbocycles. The predicted molar refractivity (Wildman–Crippen MR) is 99.3 cm³/mol. The number of rotatable bonds is 10. The van der Waals surface area contributed by atoms with Gasteiger partial charge in [0.2, 0.25) is 0 Å². The Hall–Kier alpha value is -1.05. The second-order valence-electron chi connectivity index (χ2n) is 6.32. The van der Waals surface area contributed by atoms with Crippen LogP contribution in [-0.2, 0) is 16.5 Å². The Bertz CT molecular complexity index is 804. The van der Waals surface area contributed by atoms with Crippen LogP contribution in [0.5, 0.6) is 17.2 Å². The fraction of sp³-hybridized carbons (Fsp3) is 0.400. The largest absolute Gasteiger partial charge is 1.00 e. The number of hydrogen-bond donors (Lipinski definition) is 1. The van der Waals surface area contributed by atoms with Crippen LogP contribution in [0.3, 0.4) is 0 Å². The van der Waals surface area contributed by atoms with Crippen molar-refractivity contribution >= 4 is 10.1 Å². The summed E-state index contributed by atoms with van der Waals surface area (Å²) in [4.78, 5) is -0.740. The van der Waals surface area contributed by atoms with Gasteiger partial charge in [0.1, 0.15) is 16.4 Å². The summed E-state index contributed by atoms with van der Waals surface area (Å²) in [7, 11) is -4.65. The quantitative estimate of drug-likeness (QED) is 0.373. The van der Waals surface area contributed by atoms with Crippen LogP contribution in [0, 0.1) is 0 Å². The molecule has 0 aliphatic heterocycles. The van der Waals surface area contributed by atoms with Gasteiger partial charge in [-0.05, 0) is 36.6 Å². The molecule has 2 aromatic rings. The minimum Gasteiger partial charge on any atom is -0.871 e. The van der Waals surface area contributed by atoms with Crippen LogP contribution < -0.4 is 39.4 Å². The predicted octanol–water partition coefficient (Wildman–Crippen LogP) is 1.71. The standard InChI is InChI=1S/C20H26O5S.Na/c1-2-3-4-5-6-7-9-16-12-14-17(15-13-16)25-19-11-8-10-18(21)20(19)26(22,23)24;/h8,10-15,21H,2-7,9H2,1H3,(H,22,23,24);/q;+1/p-1. The average Bonchev–Trinajstić information content (AvgIpc) is 2.58. The molecule has 1 N–H and O–H groups in total. The first-order valence-electron chi connectivity index (χ1n) is 8.96. The van der Waals surface area contributed by atoms with Gasteiger partial charge >= 0.3 is 29.6 Å². The van der Waals surface area contributed by atoms with Crippen molar-refractivity contribution in [2.75, 3.05) is 0 Å². The second kappa shape index (κ2) is 11.7. The molecule has 142 valence electrons. The number of ether oxygens (including phenoxy) is 1. The fourth-order valence-corrected chi connectivity index (χ4v) is 3.48. The Morgan fingerprint density at radius 1 is 0.963 bits per heavy atom. The van der Waals surface area contributed by atoms with E-state index in [9.17, 15) is 18.1 Å². The summed E-state index contributed by atoms with van der Waals surface area (Å²) in [6.07, 6.45) is 8.43. The van der Waals surface area contributed by atoms with Crippen LogP contribution in [0.15, 0.2) is 47.4 Å². The molecule has 0 radical (unpaired) electrons. The molecule has 0 amide bonds. The molecule has 0 fully saturated rings. The van der Waals surface area contributed by atoms with E-state index in [0.717, 1.165) is 18.9 Å². The average molecular weight is 400 g/mol. The van der Waals surface area contributed by atoms with Gasteiger partial charge in [-0.3, -0.25) is 4.55 Å². The van der Waals surface area contributed by atoms with Crippen molar-refractivity contribution in [2.45, 2.75) is 56.8 Å². The van der Waals surface area contributed by atoms with Crippen molar-refractivity contribution in [1.82, 2.24) is 0 Å². The van der Waals surface area contributed by atoms with Crippen molar-refractivity contribution in [3.63, 3.8) is 0 Å². The molecule has 0 unspecified atom stereocenters. The van der Waals surface area contributed by atoms with E-state index in [2.05, 4.69) is 6.92 Å². The van der Waals surface area contributed by atoms with Gasteiger partial charge < -0.3 is 9.84 Å². The normalized spacial score (nSPS) is 11.0. The first-order chi connectivity index (χ1) is 12.4. The van der Waals surface area contributed by atoms with E-state index < -0.39 is 20.8 Å². The summed E-state index contributed by atoms with van der Waals surface area (Å²) >= 11 is 0. The molecule has 2 rings (SSSR count). The SMILES string of the molecule is CCCCCCCCc1ccc(Oc2cccc([O-])c2S(=O)(=O)O)cc1.[Na+].